The molecule has 0 aromatic carbocycles. The number of hydrogen-bond acceptors (Lipinski definition) is 4. The van der Waals surface area contributed by atoms with E-state index in [1.54, 1.807) is 25.4 Å². The molecular formula is C17H24N4O3. The van der Waals surface area contributed by atoms with Crippen LogP contribution in [0.1, 0.15) is 33.6 Å². The van der Waals surface area contributed by atoms with Crippen molar-refractivity contribution in [2.45, 2.75) is 51.8 Å². The summed E-state index contributed by atoms with van der Waals surface area (Å²) in [6.45, 7) is 6.52. The molecule has 0 saturated heterocycles. The fraction of sp³-hybridized carbons (Fsp3) is 0.588. The second-order valence-electron chi connectivity index (χ2n) is 7.17. The number of aryl methyl sites for hydroxylation is 1. The summed E-state index contributed by atoms with van der Waals surface area (Å²) in [5, 5.41) is 7.28. The summed E-state index contributed by atoms with van der Waals surface area (Å²) >= 11 is 0. The molecule has 2 aromatic heterocycles. The van der Waals surface area contributed by atoms with Crippen LogP contribution in [0.3, 0.4) is 0 Å². The molecule has 2 heterocycles. The van der Waals surface area contributed by atoms with Gasteiger partial charge in [0, 0.05) is 31.2 Å². The number of amides is 1. The Kier molecular flexibility index (Phi) is 3.99. The van der Waals surface area contributed by atoms with Gasteiger partial charge in [-0.25, -0.2) is 9.48 Å². The van der Waals surface area contributed by atoms with Gasteiger partial charge in [0.1, 0.15) is 0 Å². The highest BCUT2D eigenvalue weighted by molar-refractivity contribution is 5.76. The maximum absolute atomic E-state index is 12.2. The van der Waals surface area contributed by atoms with E-state index in [0.29, 0.717) is 5.65 Å². The maximum atomic E-state index is 12.2. The first-order valence-electron chi connectivity index (χ1n) is 8.17. The molecule has 2 aromatic rings. The Morgan fingerprint density at radius 3 is 2.79 bits per heavy atom. The van der Waals surface area contributed by atoms with Gasteiger partial charge in [-0.2, -0.15) is 0 Å². The first-order chi connectivity index (χ1) is 11.3. The number of fused-ring (bicyclic) bond motifs is 1. The molecule has 0 unspecified atom stereocenters. The highest BCUT2D eigenvalue weighted by Gasteiger charge is 2.58. The van der Waals surface area contributed by atoms with Gasteiger partial charge in [0.2, 0.25) is 5.91 Å². The minimum absolute atomic E-state index is 0.0739. The van der Waals surface area contributed by atoms with Crippen LogP contribution in [0.15, 0.2) is 29.2 Å². The van der Waals surface area contributed by atoms with Crippen molar-refractivity contribution >= 4 is 11.6 Å². The maximum Gasteiger partial charge on any atom is 0.350 e. The monoisotopic (exact) mass is 332 g/mol. The molecule has 7 heteroatoms. The van der Waals surface area contributed by atoms with Gasteiger partial charge in [-0.3, -0.25) is 9.20 Å². The van der Waals surface area contributed by atoms with Crippen molar-refractivity contribution < 1.29 is 9.53 Å². The summed E-state index contributed by atoms with van der Waals surface area (Å²) < 4.78 is 8.37. The molecule has 24 heavy (non-hydrogen) atoms. The number of methoxy groups -OCH3 is 1. The summed E-state index contributed by atoms with van der Waals surface area (Å²) in [7, 11) is 1.70. The molecule has 1 aliphatic carbocycles. The Hall–Kier alpha value is -2.15. The quantitative estimate of drug-likeness (QED) is 0.893. The van der Waals surface area contributed by atoms with E-state index in [0.717, 1.165) is 6.42 Å². The van der Waals surface area contributed by atoms with Gasteiger partial charge in [-0.1, -0.05) is 19.9 Å². The first kappa shape index (κ1) is 16.7. The van der Waals surface area contributed by atoms with Crippen molar-refractivity contribution in [2.75, 3.05) is 7.11 Å². The highest BCUT2D eigenvalue weighted by atomic mass is 16.5. The van der Waals surface area contributed by atoms with Gasteiger partial charge < -0.3 is 10.1 Å². The van der Waals surface area contributed by atoms with E-state index in [1.165, 1.54) is 9.08 Å². The van der Waals surface area contributed by atoms with Crippen LogP contribution in [-0.4, -0.2) is 38.8 Å². The van der Waals surface area contributed by atoms with Crippen molar-refractivity contribution in [3.63, 3.8) is 0 Å². The number of ether oxygens (including phenoxy) is 1. The summed E-state index contributed by atoms with van der Waals surface area (Å²) in [4.78, 5) is 24.4. The largest absolute Gasteiger partial charge is 0.378 e. The molecule has 1 fully saturated rings. The lowest BCUT2D eigenvalue weighted by Gasteiger charge is -2.59. The average molecular weight is 332 g/mol. The normalized spacial score (nSPS) is 25.4. The van der Waals surface area contributed by atoms with Crippen LogP contribution in [0.2, 0.25) is 0 Å². The molecule has 0 spiro atoms. The van der Waals surface area contributed by atoms with E-state index in [9.17, 15) is 9.59 Å². The molecule has 130 valence electrons. The van der Waals surface area contributed by atoms with E-state index in [-0.39, 0.29) is 41.6 Å². The number of pyridine rings is 1. The number of nitrogens with one attached hydrogen (secondary N) is 1. The minimum Gasteiger partial charge on any atom is -0.378 e. The third kappa shape index (κ3) is 2.53. The van der Waals surface area contributed by atoms with Crippen LogP contribution < -0.4 is 11.0 Å². The van der Waals surface area contributed by atoms with Crippen molar-refractivity contribution in [2.24, 2.45) is 5.41 Å². The fourth-order valence-electron chi connectivity index (χ4n) is 3.31. The highest BCUT2D eigenvalue weighted by Crippen LogP contribution is 2.51. The average Bonchev–Trinajstić information content (AvgIpc) is 2.89. The lowest BCUT2D eigenvalue weighted by Crippen LogP contribution is -2.68. The number of hydrogen-bond donors (Lipinski definition) is 1. The third-order valence-corrected chi connectivity index (χ3v) is 5.65. The van der Waals surface area contributed by atoms with Gasteiger partial charge in [0.05, 0.1) is 12.1 Å². The standard InChI is InChI=1S/C17H24N4O3/c1-16(2)12(11-17(16,3)24-4)18-14(22)8-10-21-15(23)20-9-6-5-7-13(20)19-21/h5-7,9,12H,8,10-11H2,1-4H3,(H,18,22)/t12-,17-/m0/s1. The molecule has 2 atom stereocenters. The number of nitrogens with zero attached hydrogens (tertiary/aromatic N) is 3. The molecule has 1 amide bonds. The molecule has 0 radical (unpaired) electrons. The van der Waals surface area contributed by atoms with Crippen molar-refractivity contribution in [3.05, 3.63) is 34.9 Å². The van der Waals surface area contributed by atoms with Crippen LogP contribution in [0, 0.1) is 5.41 Å². The van der Waals surface area contributed by atoms with Crippen LogP contribution in [0.4, 0.5) is 0 Å². The van der Waals surface area contributed by atoms with Gasteiger partial charge in [0.25, 0.3) is 0 Å². The van der Waals surface area contributed by atoms with E-state index < -0.39 is 0 Å². The molecular weight excluding hydrogens is 308 g/mol. The predicted octanol–water partition coefficient (Wildman–Crippen LogP) is 1.21. The predicted molar refractivity (Wildman–Crippen MR) is 89.8 cm³/mol. The minimum atomic E-state index is -0.227. The molecule has 1 aliphatic rings. The SMILES string of the molecule is CO[C@@]1(C)C[C@H](NC(=O)CCn2nc3ccccn3c2=O)C1(C)C. The molecule has 1 N–H and O–H groups in total. The summed E-state index contributed by atoms with van der Waals surface area (Å²) in [6.07, 6.45) is 2.68. The number of rotatable bonds is 5. The zero-order valence-corrected chi connectivity index (χ0v) is 14.6. The number of aromatic nitrogens is 3. The fourth-order valence-corrected chi connectivity index (χ4v) is 3.31. The van der Waals surface area contributed by atoms with E-state index in [1.807, 2.05) is 6.07 Å². The molecule has 1 saturated carbocycles. The van der Waals surface area contributed by atoms with Crippen molar-refractivity contribution in [3.8, 4) is 0 Å². The Bertz CT molecular complexity index is 823. The number of carbonyl (C=O) groups excluding carboxylic acids is 1. The first-order valence-corrected chi connectivity index (χ1v) is 8.17. The summed E-state index contributed by atoms with van der Waals surface area (Å²) in [6, 6.07) is 5.44. The molecule has 3 rings (SSSR count). The molecule has 7 nitrogen and oxygen atoms in total. The lowest BCUT2D eigenvalue weighted by molar-refractivity contribution is -0.182. The van der Waals surface area contributed by atoms with Gasteiger partial charge in [0.15, 0.2) is 5.65 Å². The smallest absolute Gasteiger partial charge is 0.350 e. The second kappa shape index (κ2) is 5.73. The summed E-state index contributed by atoms with van der Waals surface area (Å²) in [5.41, 5.74) is 0.00843. The Labute approximate surface area is 140 Å². The van der Waals surface area contributed by atoms with Gasteiger partial charge >= 0.3 is 5.69 Å². The topological polar surface area (TPSA) is 77.6 Å². The molecule has 0 bridgehead atoms. The van der Waals surface area contributed by atoms with Crippen molar-refractivity contribution in [1.29, 1.82) is 0 Å². The second-order valence-corrected chi connectivity index (χ2v) is 7.17. The van der Waals surface area contributed by atoms with Crippen LogP contribution in [-0.2, 0) is 16.1 Å². The Balaban J connectivity index is 1.60. The van der Waals surface area contributed by atoms with E-state index in [2.05, 4.69) is 31.2 Å². The number of carbonyl (C=O) groups is 1. The third-order valence-electron chi connectivity index (χ3n) is 5.65. The Morgan fingerprint density at radius 1 is 1.42 bits per heavy atom. The zero-order valence-electron chi connectivity index (χ0n) is 14.6. The summed E-state index contributed by atoms with van der Waals surface area (Å²) in [5.74, 6) is -0.0739. The van der Waals surface area contributed by atoms with Crippen LogP contribution in [0.5, 0.6) is 0 Å². The van der Waals surface area contributed by atoms with Crippen molar-refractivity contribution in [1.82, 2.24) is 19.5 Å². The van der Waals surface area contributed by atoms with Gasteiger partial charge in [-0.15, -0.1) is 5.10 Å². The lowest BCUT2D eigenvalue weighted by atomic mass is 9.56. The van der Waals surface area contributed by atoms with Gasteiger partial charge in [-0.05, 0) is 25.5 Å². The molecule has 0 aliphatic heterocycles. The Morgan fingerprint density at radius 2 is 2.17 bits per heavy atom. The van der Waals surface area contributed by atoms with Crippen LogP contribution >= 0.6 is 0 Å². The van der Waals surface area contributed by atoms with E-state index >= 15 is 0 Å². The zero-order chi connectivity index (χ0) is 17.5. The van der Waals surface area contributed by atoms with Crippen LogP contribution in [0.25, 0.3) is 5.65 Å². The van der Waals surface area contributed by atoms with E-state index in [4.69, 9.17) is 4.74 Å².